The molecule has 3 rings (SSSR count). The van der Waals surface area contributed by atoms with Crippen molar-refractivity contribution in [3.8, 4) is 0 Å². The molecule has 2 aliphatic rings. The van der Waals surface area contributed by atoms with E-state index in [1.54, 1.807) is 11.1 Å². The van der Waals surface area contributed by atoms with Gasteiger partial charge < -0.3 is 10.2 Å². The summed E-state index contributed by atoms with van der Waals surface area (Å²) in [7, 11) is 0. The van der Waals surface area contributed by atoms with Gasteiger partial charge in [-0.05, 0) is 95.6 Å². The highest BCUT2D eigenvalue weighted by Crippen LogP contribution is 2.28. The lowest BCUT2D eigenvalue weighted by Gasteiger charge is -2.26. The van der Waals surface area contributed by atoms with Crippen molar-refractivity contribution >= 4 is 5.69 Å². The van der Waals surface area contributed by atoms with Crippen molar-refractivity contribution in [1.82, 2.24) is 4.90 Å². The van der Waals surface area contributed by atoms with E-state index >= 15 is 0 Å². The number of benzene rings is 1. The van der Waals surface area contributed by atoms with Gasteiger partial charge in [-0.3, -0.25) is 0 Å². The van der Waals surface area contributed by atoms with Gasteiger partial charge in [-0.1, -0.05) is 6.07 Å². The minimum absolute atomic E-state index is 0.136. The lowest BCUT2D eigenvalue weighted by atomic mass is 10.0. The van der Waals surface area contributed by atoms with Gasteiger partial charge in [0.05, 0.1) is 0 Å². The summed E-state index contributed by atoms with van der Waals surface area (Å²) < 4.78 is 0. The van der Waals surface area contributed by atoms with Gasteiger partial charge >= 0.3 is 0 Å². The van der Waals surface area contributed by atoms with E-state index in [0.29, 0.717) is 0 Å². The molecule has 1 aromatic rings. The minimum Gasteiger partial charge on any atom is -0.380 e. The molecule has 2 heteroatoms. The zero-order valence-corrected chi connectivity index (χ0v) is 13.9. The summed E-state index contributed by atoms with van der Waals surface area (Å²) in [6.45, 7) is 9.34. The third-order valence-corrected chi connectivity index (χ3v) is 4.88. The van der Waals surface area contributed by atoms with E-state index in [1.807, 2.05) is 0 Å². The van der Waals surface area contributed by atoms with Crippen LogP contribution in [0.5, 0.6) is 0 Å². The average molecular weight is 286 g/mol. The molecule has 1 aromatic carbocycles. The van der Waals surface area contributed by atoms with Crippen LogP contribution in [-0.4, -0.2) is 29.6 Å². The molecule has 0 saturated carbocycles. The van der Waals surface area contributed by atoms with E-state index < -0.39 is 0 Å². The van der Waals surface area contributed by atoms with Gasteiger partial charge in [0.2, 0.25) is 0 Å². The molecular formula is C19H30N2. The topological polar surface area (TPSA) is 15.3 Å². The van der Waals surface area contributed by atoms with Crippen molar-refractivity contribution in [2.75, 3.05) is 18.4 Å². The number of aryl methyl sites for hydroxylation is 2. The smallest absolute Gasteiger partial charge is 0.0347 e. The maximum atomic E-state index is 3.61. The number of anilines is 1. The Balaban J connectivity index is 1.70. The Hall–Kier alpha value is -1.02. The van der Waals surface area contributed by atoms with Crippen LogP contribution < -0.4 is 5.32 Å². The summed E-state index contributed by atoms with van der Waals surface area (Å²) in [4.78, 5) is 2.74. The van der Waals surface area contributed by atoms with E-state index in [-0.39, 0.29) is 5.54 Å². The molecule has 0 spiro atoms. The predicted octanol–water partition coefficient (Wildman–Crippen LogP) is 4.24. The highest BCUT2D eigenvalue weighted by molar-refractivity contribution is 5.50. The molecule has 0 amide bonds. The van der Waals surface area contributed by atoms with E-state index in [2.05, 4.69) is 49.2 Å². The molecule has 1 saturated heterocycles. The van der Waals surface area contributed by atoms with Crippen LogP contribution >= 0.6 is 0 Å². The van der Waals surface area contributed by atoms with Crippen molar-refractivity contribution in [3.05, 3.63) is 29.3 Å². The molecule has 0 radical (unpaired) electrons. The highest BCUT2D eigenvalue weighted by atomic mass is 15.2. The lowest BCUT2D eigenvalue weighted by Crippen LogP contribution is -2.32. The van der Waals surface area contributed by atoms with E-state index in [9.17, 15) is 0 Å². The fourth-order valence-corrected chi connectivity index (χ4v) is 3.87. The Kier molecular flexibility index (Phi) is 4.26. The van der Waals surface area contributed by atoms with Gasteiger partial charge in [-0.2, -0.15) is 0 Å². The number of nitrogens with zero attached hydrogens (tertiary/aromatic N) is 1. The standard InChI is InChI=1S/C19H30N2/c1-19(2,3)20-17-9-6-15-7-10-18(11-8-16(15)14-17)21-12-4-5-13-21/h6,9,14,18,20H,4-5,7-8,10-13H2,1-3H3/t18-/m0/s1. The zero-order chi connectivity index (χ0) is 14.9. The summed E-state index contributed by atoms with van der Waals surface area (Å²) in [5.41, 5.74) is 4.57. The summed E-state index contributed by atoms with van der Waals surface area (Å²) in [5, 5.41) is 3.61. The SMILES string of the molecule is CC(C)(C)Nc1ccc2c(c1)CC[C@@H](N1CCCC1)CC2. The fraction of sp³-hybridized carbons (Fsp3) is 0.684. The van der Waals surface area contributed by atoms with Crippen molar-refractivity contribution in [3.63, 3.8) is 0 Å². The number of fused-ring (bicyclic) bond motifs is 1. The Morgan fingerprint density at radius 3 is 2.33 bits per heavy atom. The predicted molar refractivity (Wildman–Crippen MR) is 91.1 cm³/mol. The first-order valence-electron chi connectivity index (χ1n) is 8.65. The summed E-state index contributed by atoms with van der Waals surface area (Å²) in [6.07, 6.45) is 8.00. The molecule has 1 fully saturated rings. The monoisotopic (exact) mass is 286 g/mol. The van der Waals surface area contributed by atoms with Gasteiger partial charge in [0.1, 0.15) is 0 Å². The van der Waals surface area contributed by atoms with Crippen LogP contribution in [0.1, 0.15) is 57.6 Å². The zero-order valence-electron chi connectivity index (χ0n) is 13.9. The lowest BCUT2D eigenvalue weighted by molar-refractivity contribution is 0.222. The van der Waals surface area contributed by atoms with Crippen molar-refractivity contribution in [2.24, 2.45) is 0 Å². The highest BCUT2D eigenvalue weighted by Gasteiger charge is 2.24. The first-order valence-corrected chi connectivity index (χ1v) is 8.65. The summed E-state index contributed by atoms with van der Waals surface area (Å²) >= 11 is 0. The minimum atomic E-state index is 0.136. The van der Waals surface area contributed by atoms with Gasteiger partial charge in [0, 0.05) is 17.3 Å². The van der Waals surface area contributed by atoms with Crippen LogP contribution in [0.2, 0.25) is 0 Å². The van der Waals surface area contributed by atoms with Gasteiger partial charge in [0.25, 0.3) is 0 Å². The molecule has 1 N–H and O–H groups in total. The first-order chi connectivity index (χ1) is 10.0. The van der Waals surface area contributed by atoms with Gasteiger partial charge in [-0.25, -0.2) is 0 Å². The normalized spacial score (nSPS) is 23.7. The van der Waals surface area contributed by atoms with Crippen molar-refractivity contribution < 1.29 is 0 Å². The molecule has 0 bridgehead atoms. The summed E-state index contributed by atoms with van der Waals surface area (Å²) in [6, 6.07) is 7.84. The van der Waals surface area contributed by atoms with E-state index in [0.717, 1.165) is 6.04 Å². The largest absolute Gasteiger partial charge is 0.380 e. The first kappa shape index (κ1) is 14.9. The van der Waals surface area contributed by atoms with Crippen LogP contribution in [0.3, 0.4) is 0 Å². The van der Waals surface area contributed by atoms with Gasteiger partial charge in [0.15, 0.2) is 0 Å². The quantitative estimate of drug-likeness (QED) is 0.818. The molecule has 0 aromatic heterocycles. The van der Waals surface area contributed by atoms with Crippen LogP contribution in [0.15, 0.2) is 18.2 Å². The molecule has 1 aliphatic heterocycles. The molecule has 2 nitrogen and oxygen atoms in total. The fourth-order valence-electron chi connectivity index (χ4n) is 3.87. The number of nitrogens with one attached hydrogen (secondary N) is 1. The molecular weight excluding hydrogens is 256 g/mol. The Morgan fingerprint density at radius 2 is 1.67 bits per heavy atom. The number of hydrogen-bond donors (Lipinski definition) is 1. The number of hydrogen-bond acceptors (Lipinski definition) is 2. The Morgan fingerprint density at radius 1 is 1.00 bits per heavy atom. The van der Waals surface area contributed by atoms with Crippen LogP contribution in [-0.2, 0) is 12.8 Å². The maximum absolute atomic E-state index is 3.61. The van der Waals surface area contributed by atoms with E-state index in [4.69, 9.17) is 0 Å². The van der Waals surface area contributed by atoms with Crippen LogP contribution in [0.25, 0.3) is 0 Å². The molecule has 21 heavy (non-hydrogen) atoms. The molecule has 1 aliphatic carbocycles. The molecule has 1 heterocycles. The van der Waals surface area contributed by atoms with Crippen molar-refractivity contribution in [2.45, 2.75) is 70.9 Å². The number of rotatable bonds is 2. The van der Waals surface area contributed by atoms with Crippen LogP contribution in [0.4, 0.5) is 5.69 Å². The van der Waals surface area contributed by atoms with Crippen molar-refractivity contribution in [1.29, 1.82) is 0 Å². The van der Waals surface area contributed by atoms with Crippen LogP contribution in [0, 0.1) is 0 Å². The molecule has 116 valence electrons. The summed E-state index contributed by atoms with van der Waals surface area (Å²) in [5.74, 6) is 0. The Bertz CT molecular complexity index is 481. The second-order valence-electron chi connectivity index (χ2n) is 7.83. The van der Waals surface area contributed by atoms with Gasteiger partial charge in [-0.15, -0.1) is 0 Å². The number of likely N-dealkylation sites (tertiary alicyclic amines) is 1. The second kappa shape index (κ2) is 6.00. The second-order valence-corrected chi connectivity index (χ2v) is 7.83. The molecule has 0 unspecified atom stereocenters. The average Bonchev–Trinajstić information content (AvgIpc) is 2.85. The van der Waals surface area contributed by atoms with E-state index in [1.165, 1.54) is 57.3 Å². The third-order valence-electron chi connectivity index (χ3n) is 4.88. The maximum Gasteiger partial charge on any atom is 0.0347 e. The Labute approximate surface area is 129 Å². The third kappa shape index (κ3) is 3.79. The molecule has 1 atom stereocenters.